The lowest BCUT2D eigenvalue weighted by atomic mass is 9.99. The Balaban J connectivity index is 1.92. The zero-order valence-electron chi connectivity index (χ0n) is 9.85. The first-order valence-corrected chi connectivity index (χ1v) is 5.63. The minimum Gasteiger partial charge on any atom is -0.481 e. The number of carboxylic acids is 1. The minimum absolute atomic E-state index is 0.264. The first-order valence-electron chi connectivity index (χ1n) is 5.63. The first-order chi connectivity index (χ1) is 8.83. The Morgan fingerprint density at radius 3 is 2.68 bits per heavy atom. The Morgan fingerprint density at radius 2 is 2.11 bits per heavy atom. The monoisotopic (exact) mass is 275 g/mol. The fraction of sp³-hybridized carbons (Fsp3) is 0.417. The van der Waals surface area contributed by atoms with Crippen LogP contribution in [0.1, 0.15) is 5.56 Å². The van der Waals surface area contributed by atoms with Gasteiger partial charge in [-0.3, -0.25) is 9.69 Å². The van der Waals surface area contributed by atoms with Crippen molar-refractivity contribution in [2.45, 2.75) is 12.9 Å². The molecular weight excluding hydrogens is 263 g/mol. The van der Waals surface area contributed by atoms with Gasteiger partial charge in [0.25, 0.3) is 0 Å². The van der Waals surface area contributed by atoms with Crippen LogP contribution in [0.5, 0.6) is 5.75 Å². The molecule has 1 N–H and O–H groups in total. The maximum atomic E-state index is 12.1. The third-order valence-electron chi connectivity index (χ3n) is 2.84. The molecule has 7 heteroatoms. The van der Waals surface area contributed by atoms with Crippen molar-refractivity contribution >= 4 is 5.97 Å². The minimum atomic E-state index is -4.70. The number of alkyl halides is 3. The lowest BCUT2D eigenvalue weighted by molar-refractivity contribution is -0.274. The molecule has 104 valence electrons. The number of rotatable bonds is 4. The molecule has 1 saturated heterocycles. The number of hydrogen-bond donors (Lipinski definition) is 1. The fourth-order valence-electron chi connectivity index (χ4n) is 1.95. The van der Waals surface area contributed by atoms with Crippen LogP contribution in [0.2, 0.25) is 0 Å². The molecule has 1 aromatic carbocycles. The molecule has 0 bridgehead atoms. The molecule has 0 spiro atoms. The second-order valence-corrected chi connectivity index (χ2v) is 4.42. The van der Waals surface area contributed by atoms with Crippen molar-refractivity contribution < 1.29 is 27.8 Å². The third-order valence-corrected chi connectivity index (χ3v) is 2.84. The van der Waals surface area contributed by atoms with E-state index in [2.05, 4.69) is 4.74 Å². The Morgan fingerprint density at radius 1 is 1.42 bits per heavy atom. The van der Waals surface area contributed by atoms with Gasteiger partial charge in [0.05, 0.1) is 5.92 Å². The fourth-order valence-corrected chi connectivity index (χ4v) is 1.95. The van der Waals surface area contributed by atoms with E-state index in [9.17, 15) is 18.0 Å². The Kier molecular flexibility index (Phi) is 3.66. The number of carbonyl (C=O) groups is 1. The van der Waals surface area contributed by atoms with Gasteiger partial charge in [-0.25, -0.2) is 0 Å². The SMILES string of the molecule is O=C(O)C1CN(Cc2cccc(OC(F)(F)F)c2)C1. The number of hydrogen-bond acceptors (Lipinski definition) is 3. The number of nitrogens with zero attached hydrogens (tertiary/aromatic N) is 1. The highest BCUT2D eigenvalue weighted by Gasteiger charge is 2.33. The zero-order valence-corrected chi connectivity index (χ0v) is 9.85. The van der Waals surface area contributed by atoms with Gasteiger partial charge in [-0.2, -0.15) is 0 Å². The highest BCUT2D eigenvalue weighted by Crippen LogP contribution is 2.25. The number of ether oxygens (including phenoxy) is 1. The Labute approximate surface area is 107 Å². The largest absolute Gasteiger partial charge is 0.573 e. The second-order valence-electron chi connectivity index (χ2n) is 4.42. The molecule has 1 heterocycles. The van der Waals surface area contributed by atoms with Gasteiger partial charge in [-0.15, -0.1) is 13.2 Å². The van der Waals surface area contributed by atoms with Gasteiger partial charge in [-0.05, 0) is 17.7 Å². The molecule has 0 unspecified atom stereocenters. The van der Waals surface area contributed by atoms with Crippen LogP contribution >= 0.6 is 0 Å². The summed E-state index contributed by atoms with van der Waals surface area (Å²) in [5.41, 5.74) is 0.658. The lowest BCUT2D eigenvalue weighted by Gasteiger charge is -2.36. The van der Waals surface area contributed by atoms with Crippen LogP contribution in [0.4, 0.5) is 13.2 Å². The number of halogens is 3. The van der Waals surface area contributed by atoms with E-state index >= 15 is 0 Å². The van der Waals surface area contributed by atoms with Gasteiger partial charge in [0.2, 0.25) is 0 Å². The van der Waals surface area contributed by atoms with Gasteiger partial charge in [0.15, 0.2) is 0 Å². The van der Waals surface area contributed by atoms with E-state index in [1.54, 1.807) is 6.07 Å². The topological polar surface area (TPSA) is 49.8 Å². The summed E-state index contributed by atoms with van der Waals surface area (Å²) >= 11 is 0. The summed E-state index contributed by atoms with van der Waals surface area (Å²) in [6, 6.07) is 5.69. The van der Waals surface area contributed by atoms with E-state index in [-0.39, 0.29) is 11.7 Å². The Bertz CT molecular complexity index is 470. The molecule has 1 fully saturated rings. The lowest BCUT2D eigenvalue weighted by Crippen LogP contribution is -2.49. The van der Waals surface area contributed by atoms with Crippen molar-refractivity contribution in [2.75, 3.05) is 13.1 Å². The van der Waals surface area contributed by atoms with Gasteiger partial charge in [0.1, 0.15) is 5.75 Å². The molecule has 19 heavy (non-hydrogen) atoms. The van der Waals surface area contributed by atoms with Crippen LogP contribution in [0.25, 0.3) is 0 Å². The van der Waals surface area contributed by atoms with E-state index in [0.717, 1.165) is 0 Å². The van der Waals surface area contributed by atoms with Crippen LogP contribution < -0.4 is 4.74 Å². The average Bonchev–Trinajstić information content (AvgIpc) is 2.20. The molecule has 0 aliphatic carbocycles. The molecule has 1 aliphatic heterocycles. The predicted molar refractivity (Wildman–Crippen MR) is 59.5 cm³/mol. The maximum Gasteiger partial charge on any atom is 0.573 e. The summed E-state index contributed by atoms with van der Waals surface area (Å²) < 4.78 is 40.0. The van der Waals surface area contributed by atoms with Crippen LogP contribution in [0.3, 0.4) is 0 Å². The smallest absolute Gasteiger partial charge is 0.481 e. The summed E-state index contributed by atoms with van der Waals surface area (Å²) in [5.74, 6) is -1.49. The van der Waals surface area contributed by atoms with E-state index in [4.69, 9.17) is 5.11 Å². The Hall–Kier alpha value is -1.76. The second kappa shape index (κ2) is 5.08. The molecule has 0 aromatic heterocycles. The van der Waals surface area contributed by atoms with Crippen molar-refractivity contribution in [1.82, 2.24) is 4.90 Å². The third kappa shape index (κ3) is 3.85. The standard InChI is InChI=1S/C12H12F3NO3/c13-12(14,15)19-10-3-1-2-8(4-10)5-16-6-9(7-16)11(17)18/h1-4,9H,5-7H2,(H,17,18). The van der Waals surface area contributed by atoms with Crippen molar-refractivity contribution in [2.24, 2.45) is 5.92 Å². The number of likely N-dealkylation sites (tertiary alicyclic amines) is 1. The van der Waals surface area contributed by atoms with E-state index in [1.165, 1.54) is 18.2 Å². The molecule has 0 radical (unpaired) electrons. The molecule has 2 rings (SSSR count). The van der Waals surface area contributed by atoms with Gasteiger partial charge >= 0.3 is 12.3 Å². The van der Waals surface area contributed by atoms with E-state index in [1.807, 2.05) is 4.90 Å². The van der Waals surface area contributed by atoms with Gasteiger partial charge in [0, 0.05) is 19.6 Å². The van der Waals surface area contributed by atoms with Crippen molar-refractivity contribution in [3.05, 3.63) is 29.8 Å². The number of carboxylic acid groups (broad SMARTS) is 1. The summed E-state index contributed by atoms with van der Waals surface area (Å²) in [7, 11) is 0. The molecule has 1 aliphatic rings. The summed E-state index contributed by atoms with van der Waals surface area (Å²) in [6.07, 6.45) is -4.70. The quantitative estimate of drug-likeness (QED) is 0.914. The molecule has 0 saturated carbocycles. The maximum absolute atomic E-state index is 12.1. The zero-order chi connectivity index (χ0) is 14.0. The molecule has 1 aromatic rings. The summed E-state index contributed by atoms with van der Waals surface area (Å²) in [6.45, 7) is 1.25. The van der Waals surface area contributed by atoms with Crippen molar-refractivity contribution in [3.8, 4) is 5.75 Å². The van der Waals surface area contributed by atoms with Crippen molar-refractivity contribution in [1.29, 1.82) is 0 Å². The predicted octanol–water partition coefficient (Wildman–Crippen LogP) is 2.10. The highest BCUT2D eigenvalue weighted by atomic mass is 19.4. The van der Waals surface area contributed by atoms with E-state index in [0.29, 0.717) is 25.2 Å². The molecule has 4 nitrogen and oxygen atoms in total. The molecule has 0 amide bonds. The average molecular weight is 275 g/mol. The first kappa shape index (κ1) is 13.7. The van der Waals surface area contributed by atoms with Crippen molar-refractivity contribution in [3.63, 3.8) is 0 Å². The van der Waals surface area contributed by atoms with E-state index < -0.39 is 12.3 Å². The summed E-state index contributed by atoms with van der Waals surface area (Å²) in [4.78, 5) is 12.5. The van der Waals surface area contributed by atoms with Gasteiger partial charge < -0.3 is 9.84 Å². The normalized spacial score (nSPS) is 17.0. The number of aliphatic carboxylic acids is 1. The highest BCUT2D eigenvalue weighted by molar-refractivity contribution is 5.71. The molecule has 0 atom stereocenters. The summed E-state index contributed by atoms with van der Waals surface area (Å²) in [5, 5.41) is 8.72. The van der Waals surface area contributed by atoms with Crippen LogP contribution in [0.15, 0.2) is 24.3 Å². The van der Waals surface area contributed by atoms with Crippen LogP contribution in [-0.2, 0) is 11.3 Å². The van der Waals surface area contributed by atoms with Gasteiger partial charge in [-0.1, -0.05) is 12.1 Å². The van der Waals surface area contributed by atoms with Crippen LogP contribution in [0, 0.1) is 5.92 Å². The number of benzene rings is 1. The molecular formula is C12H12F3NO3. The van der Waals surface area contributed by atoms with Crippen LogP contribution in [-0.4, -0.2) is 35.4 Å².